The Hall–Kier alpha value is -1.15. The smallest absolute Gasteiger partial charge is 0.275 e. The van der Waals surface area contributed by atoms with Crippen molar-refractivity contribution in [2.24, 2.45) is 0 Å². The predicted octanol–water partition coefficient (Wildman–Crippen LogP) is 0.926. The predicted molar refractivity (Wildman–Crippen MR) is 103 cm³/mol. The second kappa shape index (κ2) is 10.3. The Balaban J connectivity index is 1.78. The van der Waals surface area contributed by atoms with Crippen molar-refractivity contribution in [1.29, 1.82) is 0 Å². The molecule has 0 aliphatic carbocycles. The molecule has 1 aromatic carbocycles. The van der Waals surface area contributed by atoms with Crippen LogP contribution in [0.15, 0.2) is 29.2 Å². The highest BCUT2D eigenvalue weighted by atomic mass is 35.5. The van der Waals surface area contributed by atoms with Gasteiger partial charge in [0.2, 0.25) is 10.0 Å². The van der Waals surface area contributed by atoms with Gasteiger partial charge < -0.3 is 10.2 Å². The molecule has 26 heavy (non-hydrogen) atoms. The van der Waals surface area contributed by atoms with Crippen LogP contribution < -0.4 is 10.2 Å². The summed E-state index contributed by atoms with van der Waals surface area (Å²) in [4.78, 5) is 13.3. The van der Waals surface area contributed by atoms with Gasteiger partial charge in [-0.3, -0.25) is 4.79 Å². The Morgan fingerprint density at radius 2 is 1.88 bits per heavy atom. The van der Waals surface area contributed by atoms with Gasteiger partial charge in [0.25, 0.3) is 5.91 Å². The van der Waals surface area contributed by atoms with Crippen LogP contribution in [0.25, 0.3) is 0 Å². The maximum Gasteiger partial charge on any atom is 0.275 e. The van der Waals surface area contributed by atoms with Gasteiger partial charge in [0.15, 0.2) is 6.54 Å². The first-order valence-corrected chi connectivity index (χ1v) is 11.1. The van der Waals surface area contributed by atoms with Gasteiger partial charge in [-0.2, -0.15) is 4.31 Å². The number of halogens is 1. The van der Waals surface area contributed by atoms with Crippen molar-refractivity contribution in [2.75, 3.05) is 39.3 Å². The third-order valence-corrected chi connectivity index (χ3v) is 7.05. The molecule has 0 saturated carbocycles. The fraction of sp³-hybridized carbons (Fsp3) is 0.611. The van der Waals surface area contributed by atoms with Gasteiger partial charge in [-0.05, 0) is 18.6 Å². The number of amides is 1. The summed E-state index contributed by atoms with van der Waals surface area (Å²) in [6.45, 7) is 5.31. The lowest BCUT2D eigenvalue weighted by Crippen LogP contribution is -3.15. The summed E-state index contributed by atoms with van der Waals surface area (Å²) in [6.07, 6.45) is 4.53. The molecule has 0 aromatic heterocycles. The number of nitrogens with one attached hydrogen (secondary N) is 2. The van der Waals surface area contributed by atoms with E-state index >= 15 is 0 Å². The number of sulfonamides is 1. The molecular formula is C18H29ClN3O3S+. The van der Waals surface area contributed by atoms with Gasteiger partial charge in [0.1, 0.15) is 4.90 Å². The molecule has 1 heterocycles. The van der Waals surface area contributed by atoms with Crippen molar-refractivity contribution in [1.82, 2.24) is 9.62 Å². The van der Waals surface area contributed by atoms with Crippen LogP contribution in [0.5, 0.6) is 0 Å². The molecule has 2 N–H and O–H groups in total. The molecule has 1 fully saturated rings. The number of hydrogen-bond donors (Lipinski definition) is 2. The van der Waals surface area contributed by atoms with Crippen LogP contribution in [0, 0.1) is 0 Å². The highest BCUT2D eigenvalue weighted by molar-refractivity contribution is 7.89. The highest BCUT2D eigenvalue weighted by Gasteiger charge is 2.32. The Morgan fingerprint density at radius 3 is 2.54 bits per heavy atom. The minimum atomic E-state index is -3.58. The van der Waals surface area contributed by atoms with E-state index in [1.807, 2.05) is 0 Å². The first kappa shape index (κ1) is 21.2. The molecule has 1 amide bonds. The van der Waals surface area contributed by atoms with E-state index in [0.717, 1.165) is 24.3 Å². The molecular weight excluding hydrogens is 374 g/mol. The average Bonchev–Trinajstić information content (AvgIpc) is 2.62. The molecule has 0 unspecified atom stereocenters. The summed E-state index contributed by atoms with van der Waals surface area (Å²) in [6, 6.07) is 6.50. The topological polar surface area (TPSA) is 70.9 Å². The second-order valence-electron chi connectivity index (χ2n) is 6.67. The first-order chi connectivity index (χ1) is 12.4. The zero-order chi connectivity index (χ0) is 19.0. The quantitative estimate of drug-likeness (QED) is 0.603. The Morgan fingerprint density at radius 1 is 1.19 bits per heavy atom. The number of quaternary nitrogens is 1. The fourth-order valence-electron chi connectivity index (χ4n) is 3.08. The summed E-state index contributed by atoms with van der Waals surface area (Å²) in [5.41, 5.74) is 0. The molecule has 0 bridgehead atoms. The van der Waals surface area contributed by atoms with Gasteiger partial charge in [-0.1, -0.05) is 49.9 Å². The van der Waals surface area contributed by atoms with E-state index < -0.39 is 10.0 Å². The molecule has 1 aromatic rings. The molecule has 0 atom stereocenters. The summed E-state index contributed by atoms with van der Waals surface area (Å²) in [5.74, 6) is 0.0407. The van der Waals surface area contributed by atoms with Gasteiger partial charge >= 0.3 is 0 Å². The number of piperazine rings is 1. The van der Waals surface area contributed by atoms with Crippen LogP contribution in [0.1, 0.15) is 32.6 Å². The van der Waals surface area contributed by atoms with Crippen LogP contribution in [-0.4, -0.2) is 57.9 Å². The van der Waals surface area contributed by atoms with E-state index in [1.165, 1.54) is 23.2 Å². The molecule has 2 rings (SSSR count). The van der Waals surface area contributed by atoms with Crippen molar-refractivity contribution in [2.45, 2.75) is 37.5 Å². The van der Waals surface area contributed by atoms with E-state index in [4.69, 9.17) is 11.6 Å². The number of unbranched alkanes of at least 4 members (excludes halogenated alkanes) is 3. The Kier molecular flexibility index (Phi) is 8.34. The minimum absolute atomic E-state index is 0.0407. The molecule has 1 aliphatic heterocycles. The van der Waals surface area contributed by atoms with E-state index in [0.29, 0.717) is 32.7 Å². The van der Waals surface area contributed by atoms with Crippen molar-refractivity contribution in [3.8, 4) is 0 Å². The number of rotatable bonds is 9. The highest BCUT2D eigenvalue weighted by Crippen LogP contribution is 2.23. The molecule has 8 heteroatoms. The second-order valence-corrected chi connectivity index (χ2v) is 8.99. The Bertz CT molecular complexity index is 689. The van der Waals surface area contributed by atoms with Gasteiger partial charge in [-0.25, -0.2) is 8.42 Å². The monoisotopic (exact) mass is 402 g/mol. The number of carbonyl (C=O) groups is 1. The number of hydrogen-bond acceptors (Lipinski definition) is 3. The molecule has 0 radical (unpaired) electrons. The van der Waals surface area contributed by atoms with Gasteiger partial charge in [0.05, 0.1) is 31.2 Å². The van der Waals surface area contributed by atoms with Gasteiger partial charge in [0, 0.05) is 6.54 Å². The van der Waals surface area contributed by atoms with E-state index in [9.17, 15) is 13.2 Å². The van der Waals surface area contributed by atoms with Crippen LogP contribution in [0.4, 0.5) is 0 Å². The average molecular weight is 403 g/mol. The summed E-state index contributed by atoms with van der Waals surface area (Å²) in [7, 11) is -3.58. The van der Waals surface area contributed by atoms with Crippen molar-refractivity contribution in [3.63, 3.8) is 0 Å². The zero-order valence-electron chi connectivity index (χ0n) is 15.3. The van der Waals surface area contributed by atoms with Crippen LogP contribution in [-0.2, 0) is 14.8 Å². The Labute approximate surface area is 161 Å². The standard InChI is InChI=1S/C18H28ClN3O3S/c1-2-3-4-7-10-20-18(23)15-21-11-13-22(14-12-21)26(24,25)17-9-6-5-8-16(17)19/h5-6,8-9H,2-4,7,10-15H2,1H3,(H,20,23)/p+1. The van der Waals surface area contributed by atoms with Crippen molar-refractivity contribution >= 4 is 27.5 Å². The van der Waals surface area contributed by atoms with Crippen molar-refractivity contribution < 1.29 is 18.1 Å². The maximum absolute atomic E-state index is 12.7. The SMILES string of the molecule is CCCCCCNC(=O)C[NH+]1CCN(S(=O)(=O)c2ccccc2Cl)CC1. The molecule has 6 nitrogen and oxygen atoms in total. The molecule has 0 spiro atoms. The lowest BCUT2D eigenvalue weighted by Gasteiger charge is -2.31. The number of carbonyl (C=O) groups excluding carboxylic acids is 1. The largest absolute Gasteiger partial charge is 0.351 e. The fourth-order valence-corrected chi connectivity index (χ4v) is 5.02. The molecule has 146 valence electrons. The zero-order valence-corrected chi connectivity index (χ0v) is 16.9. The van der Waals surface area contributed by atoms with E-state index in [1.54, 1.807) is 18.2 Å². The summed E-state index contributed by atoms with van der Waals surface area (Å²) in [5, 5.41) is 3.20. The number of benzene rings is 1. The molecule has 1 aliphatic rings. The third-order valence-electron chi connectivity index (χ3n) is 4.65. The van der Waals surface area contributed by atoms with Crippen LogP contribution >= 0.6 is 11.6 Å². The number of nitrogens with zero attached hydrogens (tertiary/aromatic N) is 1. The third kappa shape index (κ3) is 5.94. The van der Waals surface area contributed by atoms with Crippen molar-refractivity contribution in [3.05, 3.63) is 29.3 Å². The normalized spacial score (nSPS) is 16.5. The van der Waals surface area contributed by atoms with Crippen LogP contribution in [0.2, 0.25) is 5.02 Å². The lowest BCUT2D eigenvalue weighted by molar-refractivity contribution is -0.895. The summed E-state index contributed by atoms with van der Waals surface area (Å²) >= 11 is 6.04. The molecule has 1 saturated heterocycles. The lowest BCUT2D eigenvalue weighted by atomic mass is 10.2. The first-order valence-electron chi connectivity index (χ1n) is 9.30. The van der Waals surface area contributed by atoms with Crippen LogP contribution in [0.3, 0.4) is 0 Å². The summed E-state index contributed by atoms with van der Waals surface area (Å²) < 4.78 is 26.9. The van der Waals surface area contributed by atoms with Gasteiger partial charge in [-0.15, -0.1) is 0 Å². The van der Waals surface area contributed by atoms with E-state index in [2.05, 4.69) is 12.2 Å². The minimum Gasteiger partial charge on any atom is -0.351 e. The van der Waals surface area contributed by atoms with E-state index in [-0.39, 0.29) is 15.8 Å². The maximum atomic E-state index is 12.7.